The van der Waals surface area contributed by atoms with Crippen LogP contribution >= 0.6 is 0 Å². The molecule has 3 rings (SSSR count). The van der Waals surface area contributed by atoms with E-state index in [1.54, 1.807) is 4.90 Å². The van der Waals surface area contributed by atoms with Crippen LogP contribution in [0.1, 0.15) is 32.6 Å². The van der Waals surface area contributed by atoms with Gasteiger partial charge in [0, 0.05) is 31.7 Å². The fraction of sp³-hybridized carbons (Fsp3) is 0.391. The molecule has 148 valence electrons. The molecule has 0 unspecified atom stereocenters. The Hall–Kier alpha value is -2.82. The van der Waals surface area contributed by atoms with E-state index < -0.39 is 0 Å². The van der Waals surface area contributed by atoms with E-state index in [1.165, 1.54) is 0 Å². The van der Waals surface area contributed by atoms with Gasteiger partial charge in [0.15, 0.2) is 6.61 Å². The van der Waals surface area contributed by atoms with Gasteiger partial charge in [0.2, 0.25) is 0 Å². The summed E-state index contributed by atoms with van der Waals surface area (Å²) in [6, 6.07) is 11.7. The zero-order valence-corrected chi connectivity index (χ0v) is 17.1. The number of hydrogen-bond donors (Lipinski definition) is 0. The van der Waals surface area contributed by atoms with Gasteiger partial charge in [-0.3, -0.25) is 9.59 Å². The normalized spacial score (nSPS) is 14.1. The van der Waals surface area contributed by atoms with E-state index in [-0.39, 0.29) is 18.4 Å². The predicted octanol–water partition coefficient (Wildman–Crippen LogP) is 3.28. The minimum atomic E-state index is -0.0391. The van der Waals surface area contributed by atoms with E-state index in [4.69, 9.17) is 4.74 Å². The van der Waals surface area contributed by atoms with Gasteiger partial charge in [-0.05, 0) is 56.5 Å². The molecule has 0 bridgehead atoms. The molecule has 1 aliphatic heterocycles. The molecule has 2 aromatic carbocycles. The third-order valence-electron chi connectivity index (χ3n) is 5.43. The van der Waals surface area contributed by atoms with Gasteiger partial charge in [-0.1, -0.05) is 29.8 Å². The molecule has 1 saturated heterocycles. The van der Waals surface area contributed by atoms with Gasteiger partial charge in [0.25, 0.3) is 11.8 Å². The zero-order chi connectivity index (χ0) is 20.3. The van der Waals surface area contributed by atoms with E-state index in [9.17, 15) is 9.59 Å². The van der Waals surface area contributed by atoms with E-state index in [0.29, 0.717) is 31.7 Å². The summed E-state index contributed by atoms with van der Waals surface area (Å²) in [4.78, 5) is 28.8. The lowest BCUT2D eigenvalue weighted by Gasteiger charge is -2.34. The molecule has 0 aliphatic carbocycles. The van der Waals surface area contributed by atoms with E-state index in [0.717, 1.165) is 28.0 Å². The molecular weight excluding hydrogens is 352 g/mol. The fourth-order valence-electron chi connectivity index (χ4n) is 3.41. The van der Waals surface area contributed by atoms with Gasteiger partial charge in [0.05, 0.1) is 0 Å². The lowest BCUT2D eigenvalue weighted by molar-refractivity contribution is -0.134. The Balaban J connectivity index is 1.53. The second-order valence-electron chi connectivity index (χ2n) is 7.48. The van der Waals surface area contributed by atoms with Crippen molar-refractivity contribution in [1.29, 1.82) is 0 Å². The fourth-order valence-corrected chi connectivity index (χ4v) is 3.41. The molecule has 0 N–H and O–H groups in total. The monoisotopic (exact) mass is 380 g/mol. The molecule has 1 fully saturated rings. The third-order valence-corrected chi connectivity index (χ3v) is 5.43. The van der Waals surface area contributed by atoms with E-state index in [2.05, 4.69) is 6.07 Å². The van der Waals surface area contributed by atoms with Crippen LogP contribution in [0.4, 0.5) is 0 Å². The second-order valence-corrected chi connectivity index (χ2v) is 7.48. The summed E-state index contributed by atoms with van der Waals surface area (Å²) < 4.78 is 5.85. The first-order valence-electron chi connectivity index (χ1n) is 9.70. The van der Waals surface area contributed by atoms with Crippen LogP contribution in [0.5, 0.6) is 5.75 Å². The van der Waals surface area contributed by atoms with Gasteiger partial charge in [-0.2, -0.15) is 0 Å². The number of amides is 2. The summed E-state index contributed by atoms with van der Waals surface area (Å²) in [5, 5.41) is 0. The summed E-state index contributed by atoms with van der Waals surface area (Å²) in [6.45, 7) is 10.2. The number of rotatable bonds is 4. The standard InChI is InChI=1S/C23H28N2O3/c1-16-5-9-20(10-6-16)23(27)25-13-11-24(12-14-25)21(26)15-28-22-18(3)8-7-17(2)19(22)4/h5-10H,11-15H2,1-4H3. The maximum atomic E-state index is 12.6. The molecular formula is C23H28N2O3. The number of piperazine rings is 1. The van der Waals surface area contributed by atoms with Crippen LogP contribution in [0.15, 0.2) is 36.4 Å². The van der Waals surface area contributed by atoms with Crippen molar-refractivity contribution in [1.82, 2.24) is 9.80 Å². The van der Waals surface area contributed by atoms with Crippen LogP contribution in [0.3, 0.4) is 0 Å². The highest BCUT2D eigenvalue weighted by atomic mass is 16.5. The van der Waals surface area contributed by atoms with Gasteiger partial charge in [0.1, 0.15) is 5.75 Å². The predicted molar refractivity (Wildman–Crippen MR) is 110 cm³/mol. The number of hydrogen-bond acceptors (Lipinski definition) is 3. The summed E-state index contributed by atoms with van der Waals surface area (Å²) in [5.41, 5.74) is 5.08. The van der Waals surface area contributed by atoms with Crippen molar-refractivity contribution in [2.24, 2.45) is 0 Å². The molecule has 5 heteroatoms. The minimum absolute atomic E-state index is 0.0226. The maximum Gasteiger partial charge on any atom is 0.260 e. The van der Waals surface area contributed by atoms with Crippen molar-refractivity contribution >= 4 is 11.8 Å². The van der Waals surface area contributed by atoms with Crippen LogP contribution in [0.2, 0.25) is 0 Å². The van der Waals surface area contributed by atoms with Crippen molar-refractivity contribution in [2.45, 2.75) is 27.7 Å². The first kappa shape index (κ1) is 19.9. The van der Waals surface area contributed by atoms with E-state index >= 15 is 0 Å². The van der Waals surface area contributed by atoms with Crippen molar-refractivity contribution in [3.8, 4) is 5.75 Å². The average Bonchev–Trinajstić information content (AvgIpc) is 2.71. The number of aryl methyl sites for hydroxylation is 3. The number of benzene rings is 2. The highest BCUT2D eigenvalue weighted by Crippen LogP contribution is 2.25. The van der Waals surface area contributed by atoms with Crippen LogP contribution in [0, 0.1) is 27.7 Å². The quantitative estimate of drug-likeness (QED) is 0.818. The molecule has 2 aromatic rings. The summed E-state index contributed by atoms with van der Waals surface area (Å²) in [5.74, 6) is 0.777. The number of carbonyl (C=O) groups excluding carboxylic acids is 2. The lowest BCUT2D eigenvalue weighted by atomic mass is 10.1. The van der Waals surface area contributed by atoms with Crippen LogP contribution in [-0.4, -0.2) is 54.4 Å². The summed E-state index contributed by atoms with van der Waals surface area (Å²) in [7, 11) is 0. The molecule has 0 radical (unpaired) electrons. The SMILES string of the molecule is Cc1ccc(C(=O)N2CCN(C(=O)COc3c(C)ccc(C)c3C)CC2)cc1. The average molecular weight is 380 g/mol. The van der Waals surface area contributed by atoms with Crippen molar-refractivity contribution in [2.75, 3.05) is 32.8 Å². The third kappa shape index (κ3) is 4.35. The van der Waals surface area contributed by atoms with Crippen molar-refractivity contribution in [3.63, 3.8) is 0 Å². The Morgan fingerprint density at radius 2 is 1.39 bits per heavy atom. The van der Waals surface area contributed by atoms with E-state index in [1.807, 2.05) is 62.9 Å². The molecule has 5 nitrogen and oxygen atoms in total. The molecule has 0 aromatic heterocycles. The smallest absolute Gasteiger partial charge is 0.260 e. The first-order valence-corrected chi connectivity index (χ1v) is 9.70. The van der Waals surface area contributed by atoms with Gasteiger partial charge < -0.3 is 14.5 Å². The van der Waals surface area contributed by atoms with Crippen molar-refractivity contribution < 1.29 is 14.3 Å². The van der Waals surface area contributed by atoms with Gasteiger partial charge >= 0.3 is 0 Å². The molecule has 2 amide bonds. The molecule has 0 atom stereocenters. The molecule has 1 aliphatic rings. The Labute approximate surface area is 166 Å². The Bertz CT molecular complexity index is 866. The van der Waals surface area contributed by atoms with Crippen LogP contribution < -0.4 is 4.74 Å². The summed E-state index contributed by atoms with van der Waals surface area (Å²) in [6.07, 6.45) is 0. The van der Waals surface area contributed by atoms with Gasteiger partial charge in [-0.25, -0.2) is 0 Å². The van der Waals surface area contributed by atoms with Gasteiger partial charge in [-0.15, -0.1) is 0 Å². The molecule has 0 spiro atoms. The minimum Gasteiger partial charge on any atom is -0.483 e. The lowest BCUT2D eigenvalue weighted by Crippen LogP contribution is -2.51. The largest absolute Gasteiger partial charge is 0.483 e. The summed E-state index contributed by atoms with van der Waals surface area (Å²) >= 11 is 0. The molecule has 0 saturated carbocycles. The highest BCUT2D eigenvalue weighted by Gasteiger charge is 2.25. The van der Waals surface area contributed by atoms with Crippen LogP contribution in [-0.2, 0) is 4.79 Å². The van der Waals surface area contributed by atoms with Crippen molar-refractivity contribution in [3.05, 3.63) is 64.2 Å². The molecule has 28 heavy (non-hydrogen) atoms. The second kappa shape index (κ2) is 8.46. The zero-order valence-electron chi connectivity index (χ0n) is 17.1. The Morgan fingerprint density at radius 3 is 2.04 bits per heavy atom. The topological polar surface area (TPSA) is 49.9 Å². The number of ether oxygens (including phenoxy) is 1. The highest BCUT2D eigenvalue weighted by molar-refractivity contribution is 5.94. The Kier molecular flexibility index (Phi) is 6.02. The number of carbonyl (C=O) groups is 2. The Morgan fingerprint density at radius 1 is 0.821 bits per heavy atom. The first-order chi connectivity index (χ1) is 13.4. The molecule has 1 heterocycles. The number of nitrogens with zero attached hydrogens (tertiary/aromatic N) is 2. The maximum absolute atomic E-state index is 12.6. The van der Waals surface area contributed by atoms with Crippen LogP contribution in [0.25, 0.3) is 0 Å².